The SMILES string of the molecule is NC(c1cc2cc(Br)ccc2o1)c1cc(Br)ccc1F. The van der Waals surface area contributed by atoms with Gasteiger partial charge in [0.05, 0.1) is 6.04 Å². The molecule has 0 aliphatic carbocycles. The summed E-state index contributed by atoms with van der Waals surface area (Å²) in [5.74, 6) is 0.192. The summed E-state index contributed by atoms with van der Waals surface area (Å²) in [5.41, 5.74) is 7.25. The Morgan fingerprint density at radius 3 is 2.50 bits per heavy atom. The van der Waals surface area contributed by atoms with Crippen molar-refractivity contribution in [2.75, 3.05) is 0 Å². The third-order valence-electron chi connectivity index (χ3n) is 3.10. The second kappa shape index (κ2) is 5.31. The highest BCUT2D eigenvalue weighted by Gasteiger charge is 2.18. The molecule has 1 aromatic heterocycles. The van der Waals surface area contributed by atoms with Crippen molar-refractivity contribution < 1.29 is 8.81 Å². The maximum Gasteiger partial charge on any atom is 0.134 e. The summed E-state index contributed by atoms with van der Waals surface area (Å²) in [6.07, 6.45) is 0. The molecule has 0 aliphatic rings. The topological polar surface area (TPSA) is 39.2 Å². The summed E-state index contributed by atoms with van der Waals surface area (Å²) < 4.78 is 21.3. The first-order valence-corrected chi connectivity index (χ1v) is 7.53. The molecule has 3 aromatic rings. The molecule has 0 amide bonds. The average Bonchev–Trinajstić information content (AvgIpc) is 2.83. The van der Waals surface area contributed by atoms with Crippen LogP contribution < -0.4 is 5.73 Å². The Morgan fingerprint density at radius 2 is 1.70 bits per heavy atom. The van der Waals surface area contributed by atoms with Gasteiger partial charge in [-0.1, -0.05) is 31.9 Å². The lowest BCUT2D eigenvalue weighted by molar-refractivity contribution is 0.510. The van der Waals surface area contributed by atoms with Gasteiger partial charge in [-0.3, -0.25) is 0 Å². The molecule has 2 nitrogen and oxygen atoms in total. The lowest BCUT2D eigenvalue weighted by Crippen LogP contribution is -2.12. The molecule has 0 saturated carbocycles. The van der Waals surface area contributed by atoms with Crippen LogP contribution in [0.4, 0.5) is 4.39 Å². The Morgan fingerprint density at radius 1 is 1.00 bits per heavy atom. The van der Waals surface area contributed by atoms with Crippen LogP contribution in [-0.4, -0.2) is 0 Å². The number of nitrogens with two attached hydrogens (primary N) is 1. The van der Waals surface area contributed by atoms with Gasteiger partial charge in [-0.15, -0.1) is 0 Å². The minimum Gasteiger partial charge on any atom is -0.459 e. The van der Waals surface area contributed by atoms with Crippen molar-refractivity contribution in [2.45, 2.75) is 6.04 Å². The molecule has 5 heteroatoms. The number of rotatable bonds is 2. The van der Waals surface area contributed by atoms with Crippen molar-refractivity contribution in [3.63, 3.8) is 0 Å². The van der Waals surface area contributed by atoms with Crippen LogP contribution in [0.2, 0.25) is 0 Å². The van der Waals surface area contributed by atoms with Crippen molar-refractivity contribution in [3.05, 3.63) is 68.6 Å². The van der Waals surface area contributed by atoms with Gasteiger partial charge >= 0.3 is 0 Å². The minimum atomic E-state index is -0.640. The number of fused-ring (bicyclic) bond motifs is 1. The van der Waals surface area contributed by atoms with E-state index in [9.17, 15) is 4.39 Å². The average molecular weight is 399 g/mol. The van der Waals surface area contributed by atoms with Crippen LogP contribution in [0.25, 0.3) is 11.0 Å². The van der Waals surface area contributed by atoms with Crippen LogP contribution in [0, 0.1) is 5.82 Å². The molecule has 1 heterocycles. The molecule has 0 aliphatic heterocycles. The third kappa shape index (κ3) is 2.53. The van der Waals surface area contributed by atoms with E-state index in [1.54, 1.807) is 12.1 Å². The van der Waals surface area contributed by atoms with Crippen LogP contribution in [0.15, 0.2) is 55.8 Å². The zero-order valence-electron chi connectivity index (χ0n) is 10.2. The van der Waals surface area contributed by atoms with E-state index < -0.39 is 6.04 Å². The Bertz CT molecular complexity index is 785. The highest BCUT2D eigenvalue weighted by Crippen LogP contribution is 2.30. The zero-order chi connectivity index (χ0) is 14.3. The Kier molecular flexibility index (Phi) is 3.67. The van der Waals surface area contributed by atoms with Crippen LogP contribution in [0.5, 0.6) is 0 Å². The monoisotopic (exact) mass is 397 g/mol. The molecule has 1 unspecified atom stereocenters. The first-order chi connectivity index (χ1) is 9.54. The van der Waals surface area contributed by atoms with E-state index in [1.165, 1.54) is 6.07 Å². The van der Waals surface area contributed by atoms with Gasteiger partial charge in [0, 0.05) is 19.9 Å². The fourth-order valence-electron chi connectivity index (χ4n) is 2.09. The van der Waals surface area contributed by atoms with Crippen molar-refractivity contribution in [1.29, 1.82) is 0 Å². The van der Waals surface area contributed by atoms with E-state index in [0.29, 0.717) is 11.3 Å². The molecule has 1 atom stereocenters. The molecule has 3 rings (SSSR count). The highest BCUT2D eigenvalue weighted by molar-refractivity contribution is 9.10. The molecule has 2 N–H and O–H groups in total. The summed E-state index contributed by atoms with van der Waals surface area (Å²) >= 11 is 6.73. The molecule has 0 radical (unpaired) electrons. The smallest absolute Gasteiger partial charge is 0.134 e. The standard InChI is InChI=1S/C15H10Br2FNO/c16-9-2-4-13-8(5-9)6-14(20-13)15(19)11-7-10(17)1-3-12(11)18/h1-7,15H,19H2. The molecular weight excluding hydrogens is 389 g/mol. The molecule has 0 spiro atoms. The number of furan rings is 1. The number of benzene rings is 2. The zero-order valence-corrected chi connectivity index (χ0v) is 13.4. The fourth-order valence-corrected chi connectivity index (χ4v) is 2.85. The van der Waals surface area contributed by atoms with Gasteiger partial charge in [-0.2, -0.15) is 0 Å². The summed E-state index contributed by atoms with van der Waals surface area (Å²) in [4.78, 5) is 0. The lowest BCUT2D eigenvalue weighted by atomic mass is 10.0. The molecule has 2 aromatic carbocycles. The molecule has 102 valence electrons. The summed E-state index contributed by atoms with van der Waals surface area (Å²) in [6.45, 7) is 0. The number of halogens is 3. The number of hydrogen-bond donors (Lipinski definition) is 1. The van der Waals surface area contributed by atoms with Gasteiger partial charge in [0.2, 0.25) is 0 Å². The van der Waals surface area contributed by atoms with Crippen molar-refractivity contribution in [1.82, 2.24) is 0 Å². The van der Waals surface area contributed by atoms with E-state index in [4.69, 9.17) is 10.2 Å². The Labute approximate surface area is 132 Å². The van der Waals surface area contributed by atoms with E-state index in [0.717, 1.165) is 19.9 Å². The van der Waals surface area contributed by atoms with Crippen LogP contribution >= 0.6 is 31.9 Å². The van der Waals surface area contributed by atoms with Crippen molar-refractivity contribution in [3.8, 4) is 0 Å². The van der Waals surface area contributed by atoms with Crippen LogP contribution in [0.3, 0.4) is 0 Å². The van der Waals surface area contributed by atoms with E-state index in [2.05, 4.69) is 31.9 Å². The summed E-state index contributed by atoms with van der Waals surface area (Å²) in [7, 11) is 0. The number of hydrogen-bond acceptors (Lipinski definition) is 2. The van der Waals surface area contributed by atoms with Crippen molar-refractivity contribution >= 4 is 42.8 Å². The second-order valence-electron chi connectivity index (χ2n) is 4.47. The lowest BCUT2D eigenvalue weighted by Gasteiger charge is -2.10. The highest BCUT2D eigenvalue weighted by atomic mass is 79.9. The van der Waals surface area contributed by atoms with Gasteiger partial charge in [0.25, 0.3) is 0 Å². The van der Waals surface area contributed by atoms with Crippen LogP contribution in [0.1, 0.15) is 17.4 Å². The third-order valence-corrected chi connectivity index (χ3v) is 4.08. The van der Waals surface area contributed by atoms with Gasteiger partial charge in [0.1, 0.15) is 17.2 Å². The summed E-state index contributed by atoms with van der Waals surface area (Å²) in [6, 6.07) is 11.6. The maximum absolute atomic E-state index is 13.9. The van der Waals surface area contributed by atoms with Crippen molar-refractivity contribution in [2.24, 2.45) is 5.73 Å². The van der Waals surface area contributed by atoms with Gasteiger partial charge < -0.3 is 10.2 Å². The van der Waals surface area contributed by atoms with E-state index in [1.807, 2.05) is 24.3 Å². The predicted octanol–water partition coefficient (Wildman–Crippen LogP) is 5.15. The van der Waals surface area contributed by atoms with Gasteiger partial charge in [-0.05, 0) is 42.5 Å². The molecule has 0 saturated heterocycles. The first-order valence-electron chi connectivity index (χ1n) is 5.94. The fraction of sp³-hybridized carbons (Fsp3) is 0.0667. The minimum absolute atomic E-state index is 0.345. The maximum atomic E-state index is 13.9. The van der Waals surface area contributed by atoms with Gasteiger partial charge in [0.15, 0.2) is 0 Å². The Hall–Kier alpha value is -1.17. The second-order valence-corrected chi connectivity index (χ2v) is 6.31. The quantitative estimate of drug-likeness (QED) is 0.648. The molecular formula is C15H10Br2FNO. The van der Waals surface area contributed by atoms with Gasteiger partial charge in [-0.25, -0.2) is 4.39 Å². The normalized spacial score (nSPS) is 12.8. The first kappa shape index (κ1) is 13.8. The summed E-state index contributed by atoms with van der Waals surface area (Å²) in [5, 5.41) is 0.931. The van der Waals surface area contributed by atoms with E-state index >= 15 is 0 Å². The predicted molar refractivity (Wildman–Crippen MR) is 84.0 cm³/mol. The molecule has 20 heavy (non-hydrogen) atoms. The molecule has 0 bridgehead atoms. The molecule has 0 fully saturated rings. The van der Waals surface area contributed by atoms with E-state index in [-0.39, 0.29) is 5.82 Å². The van der Waals surface area contributed by atoms with Crippen LogP contribution in [-0.2, 0) is 0 Å². The Balaban J connectivity index is 2.07. The largest absolute Gasteiger partial charge is 0.459 e.